The van der Waals surface area contributed by atoms with Crippen molar-refractivity contribution in [2.24, 2.45) is 0 Å². The molecule has 0 heterocycles. The standard InChI is InChI=1S/C14H19NO3/c1-2-3-4-11-5-6-14(12(7-11)8-15)18-10-13(17)9-16/h5-7,13,16-17H,2-4,9-10H2,1H3. The van der Waals surface area contributed by atoms with Crippen LogP contribution in [0, 0.1) is 11.3 Å². The van der Waals surface area contributed by atoms with Crippen LogP contribution in [-0.2, 0) is 6.42 Å². The van der Waals surface area contributed by atoms with Gasteiger partial charge in [-0.2, -0.15) is 5.26 Å². The Bertz CT molecular complexity index is 412. The van der Waals surface area contributed by atoms with Gasteiger partial charge in [-0.05, 0) is 30.5 Å². The first-order chi connectivity index (χ1) is 8.71. The summed E-state index contributed by atoms with van der Waals surface area (Å²) >= 11 is 0. The number of unbranched alkanes of at least 4 members (excludes halogenated alkanes) is 1. The van der Waals surface area contributed by atoms with Gasteiger partial charge in [0.1, 0.15) is 24.5 Å². The number of ether oxygens (including phenoxy) is 1. The largest absolute Gasteiger partial charge is 0.489 e. The van der Waals surface area contributed by atoms with E-state index in [1.807, 2.05) is 12.1 Å². The molecule has 1 aromatic carbocycles. The number of benzene rings is 1. The minimum absolute atomic E-state index is 0.0144. The van der Waals surface area contributed by atoms with Gasteiger partial charge >= 0.3 is 0 Å². The molecule has 0 saturated heterocycles. The monoisotopic (exact) mass is 249 g/mol. The van der Waals surface area contributed by atoms with Crippen molar-refractivity contribution in [2.45, 2.75) is 32.3 Å². The highest BCUT2D eigenvalue weighted by Crippen LogP contribution is 2.20. The molecule has 0 radical (unpaired) electrons. The van der Waals surface area contributed by atoms with Crippen molar-refractivity contribution in [1.82, 2.24) is 0 Å². The van der Waals surface area contributed by atoms with Gasteiger partial charge in [0.05, 0.1) is 12.2 Å². The number of aryl methyl sites for hydroxylation is 1. The normalized spacial score (nSPS) is 11.9. The van der Waals surface area contributed by atoms with E-state index in [9.17, 15) is 5.11 Å². The number of aliphatic hydroxyl groups is 2. The van der Waals surface area contributed by atoms with Gasteiger partial charge in [0.25, 0.3) is 0 Å². The lowest BCUT2D eigenvalue weighted by Gasteiger charge is -2.11. The van der Waals surface area contributed by atoms with E-state index in [2.05, 4.69) is 13.0 Å². The molecule has 0 amide bonds. The summed E-state index contributed by atoms with van der Waals surface area (Å²) in [6.45, 7) is 1.76. The van der Waals surface area contributed by atoms with Crippen LogP contribution in [0.3, 0.4) is 0 Å². The second-order valence-electron chi connectivity index (χ2n) is 4.19. The minimum Gasteiger partial charge on any atom is -0.489 e. The molecule has 18 heavy (non-hydrogen) atoms. The van der Waals surface area contributed by atoms with Gasteiger partial charge in [0, 0.05) is 0 Å². The highest BCUT2D eigenvalue weighted by Gasteiger charge is 2.08. The molecule has 98 valence electrons. The van der Waals surface area contributed by atoms with Crippen LogP contribution in [0.15, 0.2) is 18.2 Å². The van der Waals surface area contributed by atoms with Crippen LogP contribution in [0.2, 0.25) is 0 Å². The van der Waals surface area contributed by atoms with Crippen molar-refractivity contribution in [3.8, 4) is 11.8 Å². The van der Waals surface area contributed by atoms with Gasteiger partial charge in [0.2, 0.25) is 0 Å². The Kier molecular flexibility index (Phi) is 6.20. The van der Waals surface area contributed by atoms with Crippen LogP contribution in [0.4, 0.5) is 0 Å². The van der Waals surface area contributed by atoms with E-state index in [1.54, 1.807) is 6.07 Å². The second-order valence-corrected chi connectivity index (χ2v) is 4.19. The molecule has 2 N–H and O–H groups in total. The third-order valence-corrected chi connectivity index (χ3v) is 2.63. The molecule has 0 aliphatic carbocycles. The van der Waals surface area contributed by atoms with Crippen LogP contribution in [0.1, 0.15) is 30.9 Å². The summed E-state index contributed by atoms with van der Waals surface area (Å²) in [5.74, 6) is 0.449. The molecule has 4 heteroatoms. The van der Waals surface area contributed by atoms with Gasteiger partial charge in [-0.1, -0.05) is 19.4 Å². The lowest BCUT2D eigenvalue weighted by atomic mass is 10.1. The third kappa shape index (κ3) is 4.36. The second kappa shape index (κ2) is 7.70. The van der Waals surface area contributed by atoms with E-state index < -0.39 is 6.10 Å². The molecule has 0 aromatic heterocycles. The molecule has 0 bridgehead atoms. The number of rotatable bonds is 7. The molecule has 0 fully saturated rings. The molecular formula is C14H19NO3. The molecule has 4 nitrogen and oxygen atoms in total. The zero-order valence-corrected chi connectivity index (χ0v) is 10.6. The maximum atomic E-state index is 9.20. The van der Waals surface area contributed by atoms with Crippen LogP contribution in [-0.4, -0.2) is 29.5 Å². The molecule has 1 rings (SSSR count). The molecular weight excluding hydrogens is 230 g/mol. The van der Waals surface area contributed by atoms with Crippen LogP contribution in [0.25, 0.3) is 0 Å². The maximum absolute atomic E-state index is 9.20. The lowest BCUT2D eigenvalue weighted by Crippen LogP contribution is -2.21. The van der Waals surface area contributed by atoms with Crippen LogP contribution >= 0.6 is 0 Å². The van der Waals surface area contributed by atoms with E-state index in [4.69, 9.17) is 15.1 Å². The fourth-order valence-electron chi connectivity index (χ4n) is 1.57. The average molecular weight is 249 g/mol. The highest BCUT2D eigenvalue weighted by molar-refractivity contribution is 5.45. The SMILES string of the molecule is CCCCc1ccc(OCC(O)CO)c(C#N)c1. The zero-order valence-electron chi connectivity index (χ0n) is 10.6. The predicted molar refractivity (Wildman–Crippen MR) is 68.4 cm³/mol. The first-order valence-electron chi connectivity index (χ1n) is 6.16. The Balaban J connectivity index is 2.71. The summed E-state index contributed by atoms with van der Waals surface area (Å²) < 4.78 is 5.31. The number of aliphatic hydroxyl groups excluding tert-OH is 2. The Labute approximate surface area is 107 Å². The number of hydrogen-bond donors (Lipinski definition) is 2. The summed E-state index contributed by atoms with van der Waals surface area (Å²) in [6, 6.07) is 7.57. The Morgan fingerprint density at radius 2 is 2.22 bits per heavy atom. The average Bonchev–Trinajstić information content (AvgIpc) is 2.42. The summed E-state index contributed by atoms with van der Waals surface area (Å²) in [7, 11) is 0. The maximum Gasteiger partial charge on any atom is 0.137 e. The summed E-state index contributed by atoms with van der Waals surface area (Å²) in [5.41, 5.74) is 1.58. The number of hydrogen-bond acceptors (Lipinski definition) is 4. The Morgan fingerprint density at radius 3 is 2.83 bits per heavy atom. The van der Waals surface area contributed by atoms with Crippen molar-refractivity contribution in [2.75, 3.05) is 13.2 Å². The predicted octanol–water partition coefficient (Wildman–Crippen LogP) is 1.63. The first-order valence-corrected chi connectivity index (χ1v) is 6.16. The molecule has 0 aliphatic heterocycles. The molecule has 1 unspecified atom stereocenters. The highest BCUT2D eigenvalue weighted by atomic mass is 16.5. The minimum atomic E-state index is -0.920. The third-order valence-electron chi connectivity index (χ3n) is 2.63. The van der Waals surface area contributed by atoms with Crippen molar-refractivity contribution in [3.63, 3.8) is 0 Å². The molecule has 0 saturated carbocycles. The number of nitriles is 1. The van der Waals surface area contributed by atoms with Crippen molar-refractivity contribution < 1.29 is 14.9 Å². The van der Waals surface area contributed by atoms with Crippen LogP contribution in [0.5, 0.6) is 5.75 Å². The van der Waals surface area contributed by atoms with Crippen molar-refractivity contribution in [3.05, 3.63) is 29.3 Å². The smallest absolute Gasteiger partial charge is 0.137 e. The van der Waals surface area contributed by atoms with Crippen molar-refractivity contribution in [1.29, 1.82) is 5.26 Å². The van der Waals surface area contributed by atoms with Gasteiger partial charge in [-0.3, -0.25) is 0 Å². The lowest BCUT2D eigenvalue weighted by molar-refractivity contribution is 0.0535. The fraction of sp³-hybridized carbons (Fsp3) is 0.500. The van der Waals surface area contributed by atoms with E-state index in [-0.39, 0.29) is 13.2 Å². The van der Waals surface area contributed by atoms with Gasteiger partial charge in [-0.25, -0.2) is 0 Å². The first kappa shape index (κ1) is 14.5. The number of nitrogens with zero attached hydrogens (tertiary/aromatic N) is 1. The topological polar surface area (TPSA) is 73.5 Å². The van der Waals surface area contributed by atoms with E-state index in [1.165, 1.54) is 0 Å². The van der Waals surface area contributed by atoms with Crippen LogP contribution < -0.4 is 4.74 Å². The quantitative estimate of drug-likeness (QED) is 0.770. The fourth-order valence-corrected chi connectivity index (χ4v) is 1.57. The summed E-state index contributed by atoms with van der Waals surface area (Å²) in [6.07, 6.45) is 2.23. The summed E-state index contributed by atoms with van der Waals surface area (Å²) in [4.78, 5) is 0. The molecule has 1 atom stereocenters. The van der Waals surface area contributed by atoms with E-state index in [0.29, 0.717) is 11.3 Å². The summed E-state index contributed by atoms with van der Waals surface area (Å²) in [5, 5.41) is 26.9. The van der Waals surface area contributed by atoms with Crippen molar-refractivity contribution >= 4 is 0 Å². The Morgan fingerprint density at radius 1 is 1.44 bits per heavy atom. The molecule has 1 aromatic rings. The Hall–Kier alpha value is -1.57. The van der Waals surface area contributed by atoms with Gasteiger partial charge in [0.15, 0.2) is 0 Å². The van der Waals surface area contributed by atoms with Gasteiger partial charge in [-0.15, -0.1) is 0 Å². The molecule has 0 spiro atoms. The molecule has 0 aliphatic rings. The van der Waals surface area contributed by atoms with Gasteiger partial charge < -0.3 is 14.9 Å². The van der Waals surface area contributed by atoms with E-state index >= 15 is 0 Å². The zero-order chi connectivity index (χ0) is 13.4. The van der Waals surface area contributed by atoms with E-state index in [0.717, 1.165) is 24.8 Å².